The molecule has 4 aromatic rings. The first kappa shape index (κ1) is 24.0. The van der Waals surface area contributed by atoms with Gasteiger partial charge in [0.25, 0.3) is 0 Å². The van der Waals surface area contributed by atoms with Crippen molar-refractivity contribution in [3.63, 3.8) is 0 Å². The van der Waals surface area contributed by atoms with Gasteiger partial charge in [0.1, 0.15) is 12.4 Å². The van der Waals surface area contributed by atoms with Crippen LogP contribution in [0.25, 0.3) is 22.4 Å². The van der Waals surface area contributed by atoms with Gasteiger partial charge in [-0.05, 0) is 48.4 Å². The number of hydrogen-bond donors (Lipinski definition) is 0. The van der Waals surface area contributed by atoms with E-state index < -0.39 is 0 Å². The summed E-state index contributed by atoms with van der Waals surface area (Å²) >= 11 is 0. The van der Waals surface area contributed by atoms with Crippen molar-refractivity contribution < 1.29 is 23.7 Å². The van der Waals surface area contributed by atoms with Crippen LogP contribution in [0.2, 0.25) is 0 Å². The average Bonchev–Trinajstić information content (AvgIpc) is 3.27. The first-order valence-electron chi connectivity index (χ1n) is 11.3. The van der Waals surface area contributed by atoms with E-state index in [4.69, 9.17) is 28.7 Å². The molecule has 182 valence electrons. The van der Waals surface area contributed by atoms with Gasteiger partial charge in [0, 0.05) is 5.56 Å². The van der Waals surface area contributed by atoms with E-state index in [1.165, 1.54) is 0 Å². The lowest BCUT2D eigenvalue weighted by Gasteiger charge is -2.16. The molecule has 0 unspecified atom stereocenters. The number of fused-ring (bicyclic) bond motifs is 1. The maximum absolute atomic E-state index is 6.13. The molecule has 3 aromatic carbocycles. The van der Waals surface area contributed by atoms with Crippen LogP contribution in [-0.2, 0) is 13.0 Å². The highest BCUT2D eigenvalue weighted by molar-refractivity contribution is 5.81. The molecule has 0 saturated heterocycles. The minimum atomic E-state index is 0.426. The zero-order valence-electron chi connectivity index (χ0n) is 20.5. The lowest BCUT2D eigenvalue weighted by Crippen LogP contribution is -2.10. The number of benzene rings is 3. The van der Waals surface area contributed by atoms with Crippen molar-refractivity contribution in [1.29, 1.82) is 0 Å². The maximum atomic E-state index is 6.13. The molecule has 0 aliphatic carbocycles. The van der Waals surface area contributed by atoms with Gasteiger partial charge in [-0.1, -0.05) is 24.3 Å². The molecule has 0 N–H and O–H groups in total. The molecule has 0 aliphatic heterocycles. The normalized spacial score (nSPS) is 10.7. The molecule has 0 fully saturated rings. The van der Waals surface area contributed by atoms with Crippen LogP contribution in [0.5, 0.6) is 28.7 Å². The lowest BCUT2D eigenvalue weighted by molar-refractivity contribution is 0.281. The summed E-state index contributed by atoms with van der Waals surface area (Å²) < 4.78 is 30.4. The molecular weight excluding hydrogens is 444 g/mol. The highest BCUT2D eigenvalue weighted by atomic mass is 16.5. The van der Waals surface area contributed by atoms with Crippen molar-refractivity contribution in [2.75, 3.05) is 35.0 Å². The Hall–Kier alpha value is -4.13. The summed E-state index contributed by atoms with van der Waals surface area (Å²) in [5.74, 6) is 3.85. The van der Waals surface area contributed by atoms with Crippen LogP contribution in [-0.4, -0.2) is 44.6 Å². The third kappa shape index (κ3) is 4.89. The second-order valence-electron chi connectivity index (χ2n) is 7.82. The first-order chi connectivity index (χ1) is 17.1. The van der Waals surface area contributed by atoms with Crippen molar-refractivity contribution in [3.8, 4) is 40.1 Å². The third-order valence-electron chi connectivity index (χ3n) is 5.76. The summed E-state index contributed by atoms with van der Waals surface area (Å²) in [6, 6.07) is 17.8. The Morgan fingerprint density at radius 3 is 2.20 bits per heavy atom. The van der Waals surface area contributed by atoms with Gasteiger partial charge >= 0.3 is 0 Å². The SMILES string of the molecule is C=CCc1ccc(OCCn2c(-c3cc(OC)c(OC)c(OC)c3)nc3ccccc32)c(OC)c1. The highest BCUT2D eigenvalue weighted by Crippen LogP contribution is 2.41. The molecule has 0 saturated carbocycles. The largest absolute Gasteiger partial charge is 0.493 e. The van der Waals surface area contributed by atoms with Crippen LogP contribution in [0, 0.1) is 0 Å². The number of hydrogen-bond acceptors (Lipinski definition) is 6. The predicted molar refractivity (Wildman–Crippen MR) is 137 cm³/mol. The summed E-state index contributed by atoms with van der Waals surface area (Å²) in [5.41, 5.74) is 3.87. The average molecular weight is 475 g/mol. The fourth-order valence-electron chi connectivity index (χ4n) is 4.10. The summed E-state index contributed by atoms with van der Waals surface area (Å²) in [7, 11) is 6.44. The Balaban J connectivity index is 1.68. The van der Waals surface area contributed by atoms with Gasteiger partial charge < -0.3 is 28.3 Å². The zero-order chi connectivity index (χ0) is 24.8. The van der Waals surface area contributed by atoms with Crippen LogP contribution in [0.15, 0.2) is 67.3 Å². The van der Waals surface area contributed by atoms with Crippen LogP contribution in [0.1, 0.15) is 5.56 Å². The number of allylic oxidation sites excluding steroid dienone is 1. The molecule has 4 rings (SSSR count). The molecule has 0 spiro atoms. The zero-order valence-corrected chi connectivity index (χ0v) is 20.5. The number of imidazole rings is 1. The molecule has 1 aromatic heterocycles. The van der Waals surface area contributed by atoms with Crippen LogP contribution in [0.4, 0.5) is 0 Å². The Morgan fingerprint density at radius 2 is 1.54 bits per heavy atom. The van der Waals surface area contributed by atoms with Crippen molar-refractivity contribution >= 4 is 11.0 Å². The Kier molecular flexibility index (Phi) is 7.45. The van der Waals surface area contributed by atoms with Gasteiger partial charge in [-0.25, -0.2) is 4.98 Å². The van der Waals surface area contributed by atoms with E-state index in [1.54, 1.807) is 28.4 Å². The Bertz CT molecular complexity index is 1300. The number of para-hydroxylation sites is 2. The van der Waals surface area contributed by atoms with Crippen molar-refractivity contribution in [1.82, 2.24) is 9.55 Å². The number of aromatic nitrogens is 2. The molecule has 0 amide bonds. The molecule has 0 radical (unpaired) electrons. The minimum Gasteiger partial charge on any atom is -0.493 e. The fraction of sp³-hybridized carbons (Fsp3) is 0.250. The van der Waals surface area contributed by atoms with E-state index in [2.05, 4.69) is 17.2 Å². The van der Waals surface area contributed by atoms with Crippen molar-refractivity contribution in [2.45, 2.75) is 13.0 Å². The highest BCUT2D eigenvalue weighted by Gasteiger charge is 2.19. The standard InChI is InChI=1S/C28H30N2O5/c1-6-9-19-12-13-23(24(16-19)31-2)35-15-14-30-22-11-8-7-10-21(22)29-28(30)20-17-25(32-3)27(34-5)26(18-20)33-4/h6-8,10-13,16-18H,1,9,14-15H2,2-5H3. The topological polar surface area (TPSA) is 64.0 Å². The van der Waals surface area contributed by atoms with E-state index in [1.807, 2.05) is 54.6 Å². The summed E-state index contributed by atoms with van der Waals surface area (Å²) in [6.07, 6.45) is 2.64. The van der Waals surface area contributed by atoms with E-state index in [9.17, 15) is 0 Å². The van der Waals surface area contributed by atoms with E-state index in [-0.39, 0.29) is 0 Å². The Labute approximate surface area is 205 Å². The Morgan fingerprint density at radius 1 is 0.829 bits per heavy atom. The van der Waals surface area contributed by atoms with Gasteiger partial charge in [0.05, 0.1) is 46.0 Å². The van der Waals surface area contributed by atoms with E-state index in [0.29, 0.717) is 41.9 Å². The first-order valence-corrected chi connectivity index (χ1v) is 11.3. The van der Waals surface area contributed by atoms with Crippen LogP contribution in [0.3, 0.4) is 0 Å². The van der Waals surface area contributed by atoms with Gasteiger partial charge in [-0.15, -0.1) is 6.58 Å². The monoisotopic (exact) mass is 474 g/mol. The van der Waals surface area contributed by atoms with Gasteiger partial charge in [-0.3, -0.25) is 0 Å². The molecule has 0 bridgehead atoms. The molecule has 7 nitrogen and oxygen atoms in total. The van der Waals surface area contributed by atoms with E-state index in [0.717, 1.165) is 34.4 Å². The van der Waals surface area contributed by atoms with E-state index >= 15 is 0 Å². The van der Waals surface area contributed by atoms with Crippen LogP contribution < -0.4 is 23.7 Å². The number of rotatable bonds is 11. The second kappa shape index (κ2) is 10.9. The molecule has 1 heterocycles. The summed E-state index contributed by atoms with van der Waals surface area (Å²) in [6.45, 7) is 4.80. The maximum Gasteiger partial charge on any atom is 0.203 e. The predicted octanol–water partition coefficient (Wildman–Crippen LogP) is 5.55. The summed E-state index contributed by atoms with van der Waals surface area (Å²) in [5, 5.41) is 0. The van der Waals surface area contributed by atoms with Gasteiger partial charge in [0.15, 0.2) is 23.0 Å². The molecule has 0 atom stereocenters. The second-order valence-corrected chi connectivity index (χ2v) is 7.82. The third-order valence-corrected chi connectivity index (χ3v) is 5.76. The van der Waals surface area contributed by atoms with Gasteiger partial charge in [-0.2, -0.15) is 0 Å². The smallest absolute Gasteiger partial charge is 0.203 e. The lowest BCUT2D eigenvalue weighted by atomic mass is 10.1. The number of methoxy groups -OCH3 is 4. The van der Waals surface area contributed by atoms with Crippen molar-refractivity contribution in [2.24, 2.45) is 0 Å². The minimum absolute atomic E-state index is 0.426. The fourth-order valence-corrected chi connectivity index (χ4v) is 4.10. The quantitative estimate of drug-likeness (QED) is 0.266. The molecule has 7 heteroatoms. The number of ether oxygens (including phenoxy) is 5. The molecule has 0 aliphatic rings. The summed E-state index contributed by atoms with van der Waals surface area (Å²) in [4.78, 5) is 4.90. The van der Waals surface area contributed by atoms with Gasteiger partial charge in [0.2, 0.25) is 5.75 Å². The number of nitrogens with zero attached hydrogens (tertiary/aromatic N) is 2. The van der Waals surface area contributed by atoms with Crippen LogP contribution >= 0.6 is 0 Å². The van der Waals surface area contributed by atoms with Crippen molar-refractivity contribution in [3.05, 3.63) is 72.8 Å². The molecular formula is C28H30N2O5. The molecule has 35 heavy (non-hydrogen) atoms.